The molecule has 0 aliphatic carbocycles. The van der Waals surface area contributed by atoms with Crippen molar-refractivity contribution in [1.82, 2.24) is 4.90 Å². The first-order valence-corrected chi connectivity index (χ1v) is 6.35. The van der Waals surface area contributed by atoms with Crippen molar-refractivity contribution >= 4 is 5.82 Å². The summed E-state index contributed by atoms with van der Waals surface area (Å²) in [5.41, 5.74) is 0. The van der Waals surface area contributed by atoms with Gasteiger partial charge in [0.2, 0.25) is 0 Å². The van der Waals surface area contributed by atoms with E-state index in [0.29, 0.717) is 0 Å². The highest BCUT2D eigenvalue weighted by atomic mass is 16.5. The van der Waals surface area contributed by atoms with Crippen LogP contribution in [0.3, 0.4) is 0 Å². The maximum atomic E-state index is 5.33. The molecule has 1 aromatic heterocycles. The summed E-state index contributed by atoms with van der Waals surface area (Å²) in [4.78, 5) is 2.47. The molecule has 0 saturated carbocycles. The number of aryl methyl sites for hydroxylation is 1. The number of rotatable bonds is 5. The van der Waals surface area contributed by atoms with E-state index in [9.17, 15) is 0 Å². The minimum absolute atomic E-state index is 0.890. The molecule has 4 heteroatoms. The molecule has 1 aliphatic heterocycles. The number of anilines is 1. The van der Waals surface area contributed by atoms with Gasteiger partial charge in [-0.05, 0) is 12.5 Å². The number of pyridine rings is 1. The van der Waals surface area contributed by atoms with E-state index < -0.39 is 0 Å². The van der Waals surface area contributed by atoms with E-state index in [2.05, 4.69) is 40.2 Å². The van der Waals surface area contributed by atoms with E-state index in [-0.39, 0.29) is 0 Å². The number of nitrogens with zero attached hydrogens (tertiary/aromatic N) is 2. The first-order valence-electron chi connectivity index (χ1n) is 6.35. The fourth-order valence-corrected chi connectivity index (χ4v) is 2.05. The standard InChI is InChI=1S/C13H21N3O/c1-15-7-3-2-5-13(15)14-6-4-8-16-9-11-17-12-10-16/h2-3,5,7H,4,6,8-12H2,1H3/p+1. The SMILES string of the molecule is C[n+]1ccccc1NCCCN1CCOCC1. The Bertz CT molecular complexity index is 337. The van der Waals surface area contributed by atoms with E-state index in [0.717, 1.165) is 39.4 Å². The lowest BCUT2D eigenvalue weighted by Crippen LogP contribution is -2.37. The molecule has 1 aliphatic rings. The van der Waals surface area contributed by atoms with Crippen LogP contribution < -0.4 is 9.88 Å². The summed E-state index contributed by atoms with van der Waals surface area (Å²) in [6, 6.07) is 6.21. The van der Waals surface area contributed by atoms with Gasteiger partial charge in [-0.3, -0.25) is 10.2 Å². The molecule has 0 atom stereocenters. The molecule has 1 saturated heterocycles. The van der Waals surface area contributed by atoms with Gasteiger partial charge in [0.1, 0.15) is 0 Å². The number of ether oxygens (including phenoxy) is 1. The largest absolute Gasteiger partial charge is 0.379 e. The number of hydrogen-bond acceptors (Lipinski definition) is 3. The van der Waals surface area contributed by atoms with Gasteiger partial charge in [-0.15, -0.1) is 0 Å². The quantitative estimate of drug-likeness (QED) is 0.601. The fraction of sp³-hybridized carbons (Fsp3) is 0.615. The Morgan fingerprint density at radius 3 is 2.94 bits per heavy atom. The third-order valence-corrected chi connectivity index (χ3v) is 3.12. The maximum absolute atomic E-state index is 5.33. The molecule has 1 fully saturated rings. The Kier molecular flexibility index (Phi) is 4.76. The predicted octanol–water partition coefficient (Wildman–Crippen LogP) is 0.645. The van der Waals surface area contributed by atoms with Crippen LogP contribution in [0.4, 0.5) is 5.82 Å². The zero-order valence-electron chi connectivity index (χ0n) is 10.6. The first kappa shape index (κ1) is 12.3. The highest BCUT2D eigenvalue weighted by Gasteiger charge is 2.10. The van der Waals surface area contributed by atoms with Gasteiger partial charge in [0.15, 0.2) is 0 Å². The summed E-state index contributed by atoms with van der Waals surface area (Å²) in [6.45, 7) is 6.13. The summed E-state index contributed by atoms with van der Waals surface area (Å²) in [6.07, 6.45) is 3.24. The monoisotopic (exact) mass is 236 g/mol. The van der Waals surface area contributed by atoms with E-state index in [1.807, 2.05) is 6.07 Å². The van der Waals surface area contributed by atoms with Crippen molar-refractivity contribution in [3.63, 3.8) is 0 Å². The molecule has 4 nitrogen and oxygen atoms in total. The Hall–Kier alpha value is -1.13. The maximum Gasteiger partial charge on any atom is 0.274 e. The highest BCUT2D eigenvalue weighted by Crippen LogP contribution is 2.00. The van der Waals surface area contributed by atoms with E-state index in [4.69, 9.17) is 4.74 Å². The summed E-state index contributed by atoms with van der Waals surface area (Å²) in [5, 5.41) is 3.46. The average molecular weight is 236 g/mol. The van der Waals surface area contributed by atoms with Crippen molar-refractivity contribution in [1.29, 1.82) is 0 Å². The molecule has 0 spiro atoms. The van der Waals surface area contributed by atoms with Crippen LogP contribution in [0, 0.1) is 0 Å². The van der Waals surface area contributed by atoms with Crippen LogP contribution in [0.5, 0.6) is 0 Å². The summed E-state index contributed by atoms with van der Waals surface area (Å²) in [7, 11) is 2.06. The molecule has 17 heavy (non-hydrogen) atoms. The molecule has 0 amide bonds. The molecule has 0 aromatic carbocycles. The minimum Gasteiger partial charge on any atom is -0.379 e. The Morgan fingerprint density at radius 1 is 1.35 bits per heavy atom. The van der Waals surface area contributed by atoms with Crippen LogP contribution in [0.1, 0.15) is 6.42 Å². The van der Waals surface area contributed by atoms with Gasteiger partial charge in [0.25, 0.3) is 5.82 Å². The Balaban J connectivity index is 1.64. The first-order chi connectivity index (χ1) is 8.36. The summed E-state index contributed by atoms with van der Waals surface area (Å²) in [5.74, 6) is 1.18. The smallest absolute Gasteiger partial charge is 0.274 e. The number of morpholine rings is 1. The second kappa shape index (κ2) is 6.57. The van der Waals surface area contributed by atoms with Crippen LogP contribution >= 0.6 is 0 Å². The molecule has 1 N–H and O–H groups in total. The zero-order valence-corrected chi connectivity index (χ0v) is 10.6. The van der Waals surface area contributed by atoms with Crippen molar-refractivity contribution < 1.29 is 9.30 Å². The molecule has 0 bridgehead atoms. The second-order valence-electron chi connectivity index (χ2n) is 4.43. The van der Waals surface area contributed by atoms with Crippen LogP contribution in [-0.4, -0.2) is 44.3 Å². The topological polar surface area (TPSA) is 28.4 Å². The molecule has 1 aromatic rings. The number of nitrogens with one attached hydrogen (secondary N) is 1. The molecular formula is C13H22N3O+. The normalized spacial score (nSPS) is 17.0. The van der Waals surface area contributed by atoms with Crippen LogP contribution in [0.15, 0.2) is 24.4 Å². The number of hydrogen-bond donors (Lipinski definition) is 1. The lowest BCUT2D eigenvalue weighted by Gasteiger charge is -2.26. The molecule has 0 radical (unpaired) electrons. The second-order valence-corrected chi connectivity index (χ2v) is 4.43. The lowest BCUT2D eigenvalue weighted by molar-refractivity contribution is -0.657. The number of aromatic nitrogens is 1. The third-order valence-electron chi connectivity index (χ3n) is 3.12. The van der Waals surface area contributed by atoms with Gasteiger partial charge in [-0.25, -0.2) is 4.57 Å². The molecule has 2 heterocycles. The van der Waals surface area contributed by atoms with Gasteiger partial charge in [-0.1, -0.05) is 6.07 Å². The predicted molar refractivity (Wildman–Crippen MR) is 68.0 cm³/mol. The van der Waals surface area contributed by atoms with E-state index in [1.54, 1.807) is 0 Å². The van der Waals surface area contributed by atoms with E-state index >= 15 is 0 Å². The lowest BCUT2D eigenvalue weighted by atomic mass is 10.3. The van der Waals surface area contributed by atoms with Crippen molar-refractivity contribution in [2.24, 2.45) is 7.05 Å². The third kappa shape index (κ3) is 3.98. The molecule has 2 rings (SSSR count). The fourth-order valence-electron chi connectivity index (χ4n) is 2.05. The van der Waals surface area contributed by atoms with Crippen LogP contribution in [-0.2, 0) is 11.8 Å². The van der Waals surface area contributed by atoms with Gasteiger partial charge in [-0.2, -0.15) is 0 Å². The van der Waals surface area contributed by atoms with Gasteiger partial charge < -0.3 is 4.74 Å². The van der Waals surface area contributed by atoms with Gasteiger partial charge >= 0.3 is 0 Å². The Morgan fingerprint density at radius 2 is 2.18 bits per heavy atom. The van der Waals surface area contributed by atoms with Crippen molar-refractivity contribution in [2.75, 3.05) is 44.7 Å². The van der Waals surface area contributed by atoms with Gasteiger partial charge in [0, 0.05) is 25.7 Å². The van der Waals surface area contributed by atoms with Crippen molar-refractivity contribution in [3.05, 3.63) is 24.4 Å². The van der Waals surface area contributed by atoms with E-state index in [1.165, 1.54) is 12.2 Å². The van der Waals surface area contributed by atoms with Crippen LogP contribution in [0.2, 0.25) is 0 Å². The Labute approximate surface area is 103 Å². The highest BCUT2D eigenvalue weighted by molar-refractivity contribution is 5.26. The summed E-state index contributed by atoms with van der Waals surface area (Å²) >= 11 is 0. The van der Waals surface area contributed by atoms with Crippen molar-refractivity contribution in [3.8, 4) is 0 Å². The van der Waals surface area contributed by atoms with Gasteiger partial charge in [0.05, 0.1) is 33.0 Å². The molecule has 94 valence electrons. The minimum atomic E-state index is 0.890. The zero-order chi connectivity index (χ0) is 11.9. The average Bonchev–Trinajstić information content (AvgIpc) is 2.38. The van der Waals surface area contributed by atoms with Crippen molar-refractivity contribution in [2.45, 2.75) is 6.42 Å². The molecular weight excluding hydrogens is 214 g/mol. The molecule has 0 unspecified atom stereocenters. The van der Waals surface area contributed by atoms with Crippen LogP contribution in [0.25, 0.3) is 0 Å². The summed E-state index contributed by atoms with van der Waals surface area (Å²) < 4.78 is 7.44.